The van der Waals surface area contributed by atoms with Crippen LogP contribution in [0.5, 0.6) is 0 Å². The van der Waals surface area contributed by atoms with Gasteiger partial charge in [0.2, 0.25) is 11.8 Å². The van der Waals surface area contributed by atoms with E-state index in [0.29, 0.717) is 18.7 Å². The first kappa shape index (κ1) is 12.2. The smallest absolute Gasteiger partial charge is 0.239 e. The third-order valence-corrected chi connectivity index (χ3v) is 1.84. The Balaban J connectivity index is 2.45. The topological polar surface area (TPSA) is 102 Å². The lowest BCUT2D eigenvalue weighted by atomic mass is 10.4. The summed E-state index contributed by atoms with van der Waals surface area (Å²) in [5.41, 5.74) is 5.56. The van der Waals surface area contributed by atoms with Gasteiger partial charge in [-0.3, -0.25) is 14.3 Å². The largest absolute Gasteiger partial charge is 0.368 e. The fourth-order valence-electron chi connectivity index (χ4n) is 1.14. The molecule has 0 atom stereocenters. The van der Waals surface area contributed by atoms with E-state index in [4.69, 9.17) is 5.73 Å². The summed E-state index contributed by atoms with van der Waals surface area (Å²) >= 11 is 0. The lowest BCUT2D eigenvalue weighted by molar-refractivity contribution is -0.118. The molecule has 7 heteroatoms. The molecule has 4 N–H and O–H groups in total. The number of primary amides is 1. The number of rotatable bonds is 6. The van der Waals surface area contributed by atoms with Crippen LogP contribution >= 0.6 is 0 Å². The summed E-state index contributed by atoms with van der Waals surface area (Å²) in [5.74, 6) is -0.580. The number of aromatic nitrogens is 2. The van der Waals surface area contributed by atoms with Crippen LogP contribution in [-0.2, 0) is 16.1 Å². The van der Waals surface area contributed by atoms with Crippen LogP contribution in [0.25, 0.3) is 0 Å². The number of hydrogen-bond donors (Lipinski definition) is 3. The van der Waals surface area contributed by atoms with E-state index in [-0.39, 0.29) is 12.5 Å². The van der Waals surface area contributed by atoms with E-state index in [9.17, 15) is 9.59 Å². The Hall–Kier alpha value is -1.89. The molecule has 7 nitrogen and oxygen atoms in total. The number of nitrogens with one attached hydrogen (secondary N) is 2. The first-order valence-electron chi connectivity index (χ1n) is 4.87. The number of nitrogens with two attached hydrogens (primary N) is 1. The summed E-state index contributed by atoms with van der Waals surface area (Å²) in [4.78, 5) is 21.9. The summed E-state index contributed by atoms with van der Waals surface area (Å²) in [6.45, 7) is 0.619. The van der Waals surface area contributed by atoms with E-state index < -0.39 is 5.91 Å². The maximum absolute atomic E-state index is 11.3. The fraction of sp³-hybridized carbons (Fsp3) is 0.444. The van der Waals surface area contributed by atoms with Gasteiger partial charge in [-0.2, -0.15) is 5.10 Å². The van der Waals surface area contributed by atoms with Crippen molar-refractivity contribution in [3.63, 3.8) is 0 Å². The standard InChI is InChI=1S/C9H15N5O2/c1-11-3-2-9(16)13-7-4-12-14(5-7)6-8(10)15/h4-5,11H,2-3,6H2,1H3,(H2,10,15)(H,13,16). The molecular weight excluding hydrogens is 210 g/mol. The molecule has 88 valence electrons. The Morgan fingerprint density at radius 3 is 2.94 bits per heavy atom. The van der Waals surface area contributed by atoms with Crippen LogP contribution in [-0.4, -0.2) is 35.2 Å². The van der Waals surface area contributed by atoms with E-state index in [0.717, 1.165) is 0 Å². The second kappa shape index (κ2) is 5.86. The van der Waals surface area contributed by atoms with Gasteiger partial charge in [-0.25, -0.2) is 0 Å². The van der Waals surface area contributed by atoms with Crippen molar-refractivity contribution in [1.82, 2.24) is 15.1 Å². The molecule has 1 aromatic heterocycles. The minimum absolute atomic E-state index is 0.00634. The molecule has 0 radical (unpaired) electrons. The van der Waals surface area contributed by atoms with Crippen molar-refractivity contribution in [2.45, 2.75) is 13.0 Å². The van der Waals surface area contributed by atoms with Crippen LogP contribution in [0.1, 0.15) is 6.42 Å². The van der Waals surface area contributed by atoms with Gasteiger partial charge in [-0.1, -0.05) is 0 Å². The van der Waals surface area contributed by atoms with Crippen molar-refractivity contribution in [1.29, 1.82) is 0 Å². The van der Waals surface area contributed by atoms with Crippen LogP contribution in [0.3, 0.4) is 0 Å². The molecule has 0 unspecified atom stereocenters. The maximum atomic E-state index is 11.3. The number of carbonyl (C=O) groups excluding carboxylic acids is 2. The zero-order valence-corrected chi connectivity index (χ0v) is 9.06. The van der Waals surface area contributed by atoms with E-state index in [1.807, 2.05) is 0 Å². The highest BCUT2D eigenvalue weighted by Gasteiger charge is 2.04. The number of hydrogen-bond acceptors (Lipinski definition) is 4. The predicted octanol–water partition coefficient (Wildman–Crippen LogP) is -1.08. The molecule has 0 aliphatic heterocycles. The Bertz CT molecular complexity index is 374. The van der Waals surface area contributed by atoms with E-state index in [2.05, 4.69) is 15.7 Å². The normalized spacial score (nSPS) is 10.1. The van der Waals surface area contributed by atoms with E-state index in [1.54, 1.807) is 13.2 Å². The van der Waals surface area contributed by atoms with Crippen molar-refractivity contribution in [3.8, 4) is 0 Å². The Morgan fingerprint density at radius 2 is 2.31 bits per heavy atom. The summed E-state index contributed by atoms with van der Waals surface area (Å²) in [7, 11) is 1.78. The average Bonchev–Trinajstić information content (AvgIpc) is 2.61. The summed E-state index contributed by atoms with van der Waals surface area (Å²) in [5, 5.41) is 9.40. The zero-order valence-electron chi connectivity index (χ0n) is 9.06. The molecule has 0 aliphatic rings. The molecule has 1 aromatic rings. The van der Waals surface area contributed by atoms with E-state index >= 15 is 0 Å². The van der Waals surface area contributed by atoms with Gasteiger partial charge < -0.3 is 16.4 Å². The lowest BCUT2D eigenvalue weighted by Crippen LogP contribution is -2.19. The van der Waals surface area contributed by atoms with Crippen molar-refractivity contribution in [2.75, 3.05) is 18.9 Å². The third-order valence-electron chi connectivity index (χ3n) is 1.84. The number of anilines is 1. The first-order valence-corrected chi connectivity index (χ1v) is 4.87. The van der Waals surface area contributed by atoms with Gasteiger partial charge in [-0.15, -0.1) is 0 Å². The van der Waals surface area contributed by atoms with Gasteiger partial charge in [0.25, 0.3) is 0 Å². The average molecular weight is 225 g/mol. The number of amides is 2. The Labute approximate surface area is 93.0 Å². The molecule has 0 saturated heterocycles. The molecule has 0 saturated carbocycles. The van der Waals surface area contributed by atoms with E-state index in [1.165, 1.54) is 10.9 Å². The van der Waals surface area contributed by atoms with Gasteiger partial charge in [-0.05, 0) is 7.05 Å². The highest BCUT2D eigenvalue weighted by molar-refractivity contribution is 5.90. The highest BCUT2D eigenvalue weighted by Crippen LogP contribution is 2.04. The molecule has 0 aromatic carbocycles. The summed E-state index contributed by atoms with van der Waals surface area (Å²) in [6.07, 6.45) is 3.42. The van der Waals surface area contributed by atoms with Crippen LogP contribution in [0, 0.1) is 0 Å². The lowest BCUT2D eigenvalue weighted by Gasteiger charge is -2.01. The minimum atomic E-state index is -0.476. The molecular formula is C9H15N5O2. The number of carbonyl (C=O) groups is 2. The second-order valence-corrected chi connectivity index (χ2v) is 3.29. The van der Waals surface area contributed by atoms with Crippen molar-refractivity contribution >= 4 is 17.5 Å². The molecule has 1 rings (SSSR count). The van der Waals surface area contributed by atoms with Crippen LogP contribution in [0.2, 0.25) is 0 Å². The van der Waals surface area contributed by atoms with Gasteiger partial charge in [0.1, 0.15) is 6.54 Å². The molecule has 0 fully saturated rings. The molecule has 0 aliphatic carbocycles. The minimum Gasteiger partial charge on any atom is -0.368 e. The van der Waals surface area contributed by atoms with Crippen LogP contribution in [0.4, 0.5) is 5.69 Å². The molecule has 1 heterocycles. The Morgan fingerprint density at radius 1 is 1.56 bits per heavy atom. The maximum Gasteiger partial charge on any atom is 0.239 e. The first-order chi connectivity index (χ1) is 7.61. The monoisotopic (exact) mass is 225 g/mol. The van der Waals surface area contributed by atoms with Crippen LogP contribution in [0.15, 0.2) is 12.4 Å². The SMILES string of the molecule is CNCCC(=O)Nc1cnn(CC(N)=O)c1. The highest BCUT2D eigenvalue weighted by atomic mass is 16.2. The molecule has 16 heavy (non-hydrogen) atoms. The third kappa shape index (κ3) is 4.09. The van der Waals surface area contributed by atoms with Crippen molar-refractivity contribution < 1.29 is 9.59 Å². The summed E-state index contributed by atoms with van der Waals surface area (Å²) in [6, 6.07) is 0. The van der Waals surface area contributed by atoms with Gasteiger partial charge >= 0.3 is 0 Å². The predicted molar refractivity (Wildman–Crippen MR) is 58.6 cm³/mol. The second-order valence-electron chi connectivity index (χ2n) is 3.29. The van der Waals surface area contributed by atoms with Gasteiger partial charge in [0.15, 0.2) is 0 Å². The fourth-order valence-corrected chi connectivity index (χ4v) is 1.14. The Kier molecular flexibility index (Phi) is 4.46. The zero-order chi connectivity index (χ0) is 12.0. The summed E-state index contributed by atoms with van der Waals surface area (Å²) < 4.78 is 1.37. The quantitative estimate of drug-likeness (QED) is 0.573. The van der Waals surface area contributed by atoms with Gasteiger partial charge in [0.05, 0.1) is 11.9 Å². The van der Waals surface area contributed by atoms with Gasteiger partial charge in [0, 0.05) is 19.2 Å². The van der Waals surface area contributed by atoms with Crippen molar-refractivity contribution in [3.05, 3.63) is 12.4 Å². The van der Waals surface area contributed by atoms with Crippen molar-refractivity contribution in [2.24, 2.45) is 5.73 Å². The molecule has 0 bridgehead atoms. The van der Waals surface area contributed by atoms with Crippen LogP contribution < -0.4 is 16.4 Å². The molecule has 0 spiro atoms. The number of nitrogens with zero attached hydrogens (tertiary/aromatic N) is 2. The molecule has 2 amide bonds.